The quantitative estimate of drug-likeness (QED) is 0.854. The van der Waals surface area contributed by atoms with Crippen LogP contribution in [-0.4, -0.2) is 36.8 Å². The Morgan fingerprint density at radius 2 is 1.89 bits per heavy atom. The molecule has 1 saturated heterocycles. The van der Waals surface area contributed by atoms with Gasteiger partial charge in [-0.05, 0) is 30.7 Å². The molecule has 0 radical (unpaired) electrons. The summed E-state index contributed by atoms with van der Waals surface area (Å²) in [4.78, 5) is 26.3. The van der Waals surface area contributed by atoms with Crippen LogP contribution >= 0.6 is 0 Å². The van der Waals surface area contributed by atoms with Crippen LogP contribution in [0.5, 0.6) is 5.75 Å². The van der Waals surface area contributed by atoms with Crippen molar-refractivity contribution < 1.29 is 27.5 Å². The fourth-order valence-electron chi connectivity index (χ4n) is 4.10. The molecule has 1 heterocycles. The molecule has 8 heteroatoms. The van der Waals surface area contributed by atoms with E-state index in [1.807, 2.05) is 13.8 Å². The van der Waals surface area contributed by atoms with Gasteiger partial charge in [-0.1, -0.05) is 13.8 Å². The van der Waals surface area contributed by atoms with Crippen LogP contribution in [0, 0.1) is 10.8 Å². The van der Waals surface area contributed by atoms with Gasteiger partial charge in [-0.15, -0.1) is 0 Å². The maximum Gasteiger partial charge on any atom is 0.419 e. The van der Waals surface area contributed by atoms with Gasteiger partial charge in [-0.3, -0.25) is 9.59 Å². The summed E-state index contributed by atoms with van der Waals surface area (Å²) in [6, 6.07) is 3.10. The van der Waals surface area contributed by atoms with Crippen LogP contribution in [0.25, 0.3) is 0 Å². The van der Waals surface area contributed by atoms with Gasteiger partial charge in [0.1, 0.15) is 5.75 Å². The highest BCUT2D eigenvalue weighted by Gasteiger charge is 2.52. The number of hydrogen-bond acceptors (Lipinski definition) is 4. The third kappa shape index (κ3) is 3.28. The smallest absolute Gasteiger partial charge is 0.419 e. The van der Waals surface area contributed by atoms with Crippen LogP contribution in [0.2, 0.25) is 0 Å². The number of halogens is 3. The molecule has 1 aliphatic heterocycles. The van der Waals surface area contributed by atoms with Crippen molar-refractivity contribution in [1.29, 1.82) is 0 Å². The van der Waals surface area contributed by atoms with Gasteiger partial charge in [0.15, 0.2) is 5.78 Å². The number of ether oxygens (including phenoxy) is 1. The highest BCUT2D eigenvalue weighted by atomic mass is 19.4. The van der Waals surface area contributed by atoms with Crippen molar-refractivity contribution in [3.05, 3.63) is 41.1 Å². The first kappa shape index (κ1) is 19.3. The first-order chi connectivity index (χ1) is 12.4. The summed E-state index contributed by atoms with van der Waals surface area (Å²) in [7, 11) is 1.13. The van der Waals surface area contributed by atoms with Crippen LogP contribution in [0.15, 0.2) is 30.0 Å². The first-order valence-electron chi connectivity index (χ1n) is 8.46. The van der Waals surface area contributed by atoms with E-state index in [4.69, 9.17) is 10.5 Å². The second-order valence-corrected chi connectivity index (χ2v) is 7.93. The number of methoxy groups -OCH3 is 1. The summed E-state index contributed by atoms with van der Waals surface area (Å²) in [5.74, 6) is -0.878. The number of nitrogens with zero attached hydrogens (tertiary/aromatic N) is 1. The molecule has 0 atom stereocenters. The number of nitrogens with two attached hydrogens (primary N) is 1. The van der Waals surface area contributed by atoms with Gasteiger partial charge in [-0.2, -0.15) is 13.2 Å². The van der Waals surface area contributed by atoms with Gasteiger partial charge in [0.05, 0.1) is 18.4 Å². The van der Waals surface area contributed by atoms with E-state index in [1.165, 1.54) is 4.90 Å². The van der Waals surface area contributed by atoms with Crippen molar-refractivity contribution in [2.45, 2.75) is 26.4 Å². The zero-order valence-electron chi connectivity index (χ0n) is 15.3. The molecule has 0 bridgehead atoms. The third-order valence-corrected chi connectivity index (χ3v) is 5.19. The lowest BCUT2D eigenvalue weighted by Gasteiger charge is -2.53. The molecule has 1 spiro atoms. The topological polar surface area (TPSA) is 72.6 Å². The average molecular weight is 382 g/mol. The summed E-state index contributed by atoms with van der Waals surface area (Å²) in [6.45, 7) is 4.38. The number of ketones is 1. The van der Waals surface area contributed by atoms with Gasteiger partial charge in [0.25, 0.3) is 5.91 Å². The Balaban J connectivity index is 1.79. The van der Waals surface area contributed by atoms with Crippen LogP contribution < -0.4 is 10.5 Å². The third-order valence-electron chi connectivity index (χ3n) is 5.19. The molecule has 1 aromatic rings. The van der Waals surface area contributed by atoms with Gasteiger partial charge in [0, 0.05) is 29.5 Å². The number of rotatable bonds is 2. The molecule has 1 fully saturated rings. The summed E-state index contributed by atoms with van der Waals surface area (Å²) in [6.07, 6.45) is -2.27. The minimum Gasteiger partial charge on any atom is -0.496 e. The Bertz CT molecular complexity index is 837. The van der Waals surface area contributed by atoms with E-state index in [0.29, 0.717) is 19.5 Å². The predicted molar refractivity (Wildman–Crippen MR) is 92.0 cm³/mol. The van der Waals surface area contributed by atoms with Crippen LogP contribution in [0.1, 0.15) is 36.2 Å². The largest absolute Gasteiger partial charge is 0.496 e. The number of alkyl halides is 3. The molecule has 2 N–H and O–H groups in total. The van der Waals surface area contributed by atoms with E-state index < -0.39 is 22.9 Å². The molecule has 0 unspecified atom stereocenters. The highest BCUT2D eigenvalue weighted by molar-refractivity contribution is 6.00. The minimum absolute atomic E-state index is 0.106. The molecule has 1 aliphatic carbocycles. The van der Waals surface area contributed by atoms with Gasteiger partial charge < -0.3 is 15.4 Å². The van der Waals surface area contributed by atoms with Crippen molar-refractivity contribution in [3.8, 4) is 5.75 Å². The van der Waals surface area contributed by atoms with E-state index in [9.17, 15) is 22.8 Å². The first-order valence-corrected chi connectivity index (χ1v) is 8.46. The normalized spacial score (nSPS) is 20.9. The molecule has 1 aromatic carbocycles. The lowest BCUT2D eigenvalue weighted by molar-refractivity contribution is -0.138. The number of Topliss-reactive ketones (excluding diaryl/α,β-unsaturated/α-hetero) is 1. The summed E-state index contributed by atoms with van der Waals surface area (Å²) in [5, 5.41) is 0. The summed E-state index contributed by atoms with van der Waals surface area (Å²) in [5.41, 5.74) is 4.28. The number of amides is 1. The fraction of sp³-hybridized carbons (Fsp3) is 0.474. The number of likely N-dealkylation sites (tertiary alicyclic amines) is 1. The summed E-state index contributed by atoms with van der Waals surface area (Å²) < 4.78 is 43.7. The van der Waals surface area contributed by atoms with Crippen molar-refractivity contribution in [3.63, 3.8) is 0 Å². The lowest BCUT2D eigenvalue weighted by atomic mass is 9.62. The fourth-order valence-corrected chi connectivity index (χ4v) is 4.10. The zero-order chi connectivity index (χ0) is 20.2. The van der Waals surface area contributed by atoms with Crippen LogP contribution in [0.3, 0.4) is 0 Å². The number of benzene rings is 1. The van der Waals surface area contributed by atoms with Crippen LogP contribution in [-0.2, 0) is 11.0 Å². The Hall–Kier alpha value is -2.51. The Kier molecular flexibility index (Phi) is 4.28. The second kappa shape index (κ2) is 6.00. The number of carbonyl (C=O) groups is 2. The maximum atomic E-state index is 13.0. The van der Waals surface area contributed by atoms with E-state index >= 15 is 0 Å². The molecular formula is C19H21F3N2O3. The Labute approximate surface area is 155 Å². The van der Waals surface area contributed by atoms with E-state index in [0.717, 1.165) is 25.3 Å². The van der Waals surface area contributed by atoms with E-state index in [2.05, 4.69) is 0 Å². The van der Waals surface area contributed by atoms with Crippen molar-refractivity contribution >= 4 is 11.7 Å². The molecule has 0 aromatic heterocycles. The Morgan fingerprint density at radius 1 is 1.26 bits per heavy atom. The van der Waals surface area contributed by atoms with Crippen molar-refractivity contribution in [1.82, 2.24) is 4.90 Å². The van der Waals surface area contributed by atoms with Gasteiger partial charge >= 0.3 is 6.18 Å². The number of hydrogen-bond donors (Lipinski definition) is 1. The SMILES string of the molecule is COc1cc(C(=O)N2CC3(C=C(N)C(=O)C(C)(C)C3)C2)ccc1C(F)(F)F. The molecule has 5 nitrogen and oxygen atoms in total. The standard InChI is InChI=1S/C19H21F3N2O3/c1-17(2)8-18(7-13(23)15(17)25)9-24(10-18)16(26)11-4-5-12(19(20,21)22)14(6-11)27-3/h4-7H,8-10,23H2,1-3H3. The molecule has 1 amide bonds. The summed E-state index contributed by atoms with van der Waals surface area (Å²) >= 11 is 0. The lowest BCUT2D eigenvalue weighted by Crippen LogP contribution is -2.61. The molecule has 0 saturated carbocycles. The van der Waals surface area contributed by atoms with Gasteiger partial charge in [0.2, 0.25) is 0 Å². The molecule has 2 aliphatic rings. The monoisotopic (exact) mass is 382 g/mol. The minimum atomic E-state index is -4.56. The van der Waals surface area contributed by atoms with Crippen molar-refractivity contribution in [2.24, 2.45) is 16.6 Å². The zero-order valence-corrected chi connectivity index (χ0v) is 15.3. The maximum absolute atomic E-state index is 13.0. The van der Waals surface area contributed by atoms with E-state index in [1.54, 1.807) is 6.08 Å². The predicted octanol–water partition coefficient (Wildman–Crippen LogP) is 3.00. The number of allylic oxidation sites excluding steroid dienone is 1. The highest BCUT2D eigenvalue weighted by Crippen LogP contribution is 2.47. The molecular weight excluding hydrogens is 361 g/mol. The molecule has 3 rings (SSSR count). The number of carbonyl (C=O) groups excluding carboxylic acids is 2. The second-order valence-electron chi connectivity index (χ2n) is 7.93. The molecule has 146 valence electrons. The molecule has 27 heavy (non-hydrogen) atoms. The van der Waals surface area contributed by atoms with Crippen LogP contribution in [0.4, 0.5) is 13.2 Å². The van der Waals surface area contributed by atoms with Crippen molar-refractivity contribution in [2.75, 3.05) is 20.2 Å². The Morgan fingerprint density at radius 3 is 2.41 bits per heavy atom. The van der Waals surface area contributed by atoms with Gasteiger partial charge in [-0.25, -0.2) is 0 Å². The average Bonchev–Trinajstić information content (AvgIpc) is 2.54. The van der Waals surface area contributed by atoms with E-state index in [-0.39, 0.29) is 28.4 Å².